The molecule has 0 aromatic heterocycles. The van der Waals surface area contributed by atoms with E-state index in [1.807, 2.05) is 0 Å². The van der Waals surface area contributed by atoms with E-state index in [-0.39, 0.29) is 0 Å². The summed E-state index contributed by atoms with van der Waals surface area (Å²) in [5.74, 6) is 1.71. The lowest BCUT2D eigenvalue weighted by molar-refractivity contribution is -0.739. The second-order valence-electron chi connectivity index (χ2n) is 12.4. The average Bonchev–Trinajstić information content (AvgIpc) is 3.72. The smallest absolute Gasteiger partial charge is 0.303 e. The predicted octanol–water partition coefficient (Wildman–Crippen LogP) is 3.94. The van der Waals surface area contributed by atoms with Gasteiger partial charge in [-0.2, -0.15) is 7.82 Å². The fourth-order valence-corrected chi connectivity index (χ4v) is 20.2. The van der Waals surface area contributed by atoms with E-state index in [1.165, 1.54) is 77.4 Å². The van der Waals surface area contributed by atoms with Crippen molar-refractivity contribution in [2.75, 3.05) is 59.3 Å². The molecule has 6 saturated heterocycles. The van der Waals surface area contributed by atoms with Crippen molar-refractivity contribution in [2.24, 2.45) is 0 Å². The van der Waals surface area contributed by atoms with Crippen LogP contribution in [0.15, 0.2) is 0 Å². The van der Waals surface area contributed by atoms with E-state index < -0.39 is 29.7 Å². The molecule has 6 aliphatic heterocycles. The number of rotatable bonds is 3. The van der Waals surface area contributed by atoms with E-state index in [0.29, 0.717) is 17.3 Å². The van der Waals surface area contributed by atoms with E-state index in [9.17, 15) is 13.7 Å². The zero-order valence-corrected chi connectivity index (χ0v) is 27.9. The Labute approximate surface area is 230 Å². The van der Waals surface area contributed by atoms with Gasteiger partial charge in [-0.25, -0.2) is 0 Å². The van der Waals surface area contributed by atoms with Crippen LogP contribution in [0.1, 0.15) is 78.6 Å². The summed E-state index contributed by atoms with van der Waals surface area (Å²) in [5, 5.41) is 0. The maximum atomic E-state index is 12.2. The molecule has 0 N–H and O–H groups in total. The van der Waals surface area contributed by atoms with Crippen LogP contribution in [0.4, 0.5) is 0 Å². The normalized spacial score (nSPS) is 49.6. The third-order valence-electron chi connectivity index (χ3n) is 10.8. The summed E-state index contributed by atoms with van der Waals surface area (Å²) in [5.41, 5.74) is 0. The number of hydrogen-bond acceptors (Lipinski definition) is 7. The van der Waals surface area contributed by atoms with Crippen LogP contribution in [0.5, 0.6) is 0 Å². The molecule has 6 aliphatic rings. The Bertz CT molecular complexity index is 947. The maximum Gasteiger partial charge on any atom is 0.303 e. The summed E-state index contributed by atoms with van der Waals surface area (Å²) in [7, 11) is -4.01. The van der Waals surface area contributed by atoms with E-state index in [1.54, 1.807) is 0 Å². The van der Waals surface area contributed by atoms with Gasteiger partial charge in [0.05, 0.1) is 59.3 Å². The number of piperidine rings is 3. The van der Waals surface area contributed by atoms with Crippen LogP contribution in [0.2, 0.25) is 0 Å². The fraction of sp³-hybridized carbons (Fsp3) is 1.00. The topological polar surface area (TPSA) is 137 Å². The molecule has 6 heterocycles. The standard InChI is InChI=1S/3C8H17NOP.H3O4P/c3*1-3-11(10)8-6-4-5-7-9(8,11)2;1-5(2,3)4/h3*8H,3-7H2,1-2H3;(H3,1,2,3,4)/q3*+1;/p-3. The van der Waals surface area contributed by atoms with E-state index in [4.69, 9.17) is 19.2 Å². The Morgan fingerprint density at radius 1 is 0.579 bits per heavy atom. The first-order chi connectivity index (χ1) is 17.4. The third kappa shape index (κ3) is 5.68. The first-order valence-corrected chi connectivity index (χ1v) is 21.7. The van der Waals surface area contributed by atoms with Gasteiger partial charge >= 0.3 is 21.9 Å². The summed E-state index contributed by atoms with van der Waals surface area (Å²) >= 11 is 0. The number of nitrogens with zero attached hydrogens (tertiary/aromatic N) is 3. The van der Waals surface area contributed by atoms with Gasteiger partial charge in [0, 0.05) is 19.3 Å². The molecule has 0 aliphatic carbocycles. The highest BCUT2D eigenvalue weighted by molar-refractivity contribution is 7.64. The average molecular weight is 618 g/mol. The summed E-state index contributed by atoms with van der Waals surface area (Å²) < 4.78 is 47.9. The van der Waals surface area contributed by atoms with Gasteiger partial charge in [0.1, 0.15) is 0 Å². The van der Waals surface area contributed by atoms with Crippen molar-refractivity contribution < 1.29 is 45.7 Å². The zero-order chi connectivity index (χ0) is 28.8. The van der Waals surface area contributed by atoms with Crippen LogP contribution in [0.25, 0.3) is 0 Å². The largest absolute Gasteiger partial charge is 0.822 e. The first-order valence-electron chi connectivity index (χ1n) is 14.5. The SMILES string of the molecule is CCP1(=O)C2CCCC[N+]21C.CCP1(=O)C2CCCC[N+]21C.CCP1(=O)C2CCCC[N+]21C.O=P([O-])([O-])[O-]. The Hall–Kier alpha value is 0.680. The van der Waals surface area contributed by atoms with Gasteiger partial charge in [-0.3, -0.25) is 26.5 Å². The molecule has 0 saturated carbocycles. The Balaban J connectivity index is 0.000000145. The van der Waals surface area contributed by atoms with Crippen molar-refractivity contribution >= 4 is 29.7 Å². The van der Waals surface area contributed by atoms with Crippen molar-refractivity contribution in [3.05, 3.63) is 0 Å². The minimum atomic E-state index is -5.39. The second kappa shape index (κ2) is 11.4. The molecule has 6 rings (SSSR count). The van der Waals surface area contributed by atoms with Gasteiger partial charge in [-0.1, -0.05) is 20.8 Å². The number of hydrogen-bond donors (Lipinski definition) is 0. The Morgan fingerprint density at radius 3 is 0.921 bits per heavy atom. The molecule has 0 amide bonds. The molecule has 224 valence electrons. The van der Waals surface area contributed by atoms with Gasteiger partial charge in [-0.15, -0.1) is 0 Å². The zero-order valence-electron chi connectivity index (χ0n) is 24.3. The molecule has 14 heteroatoms. The highest BCUT2D eigenvalue weighted by Crippen LogP contribution is 2.82. The summed E-state index contributed by atoms with van der Waals surface area (Å²) in [6.45, 7) is 9.79. The van der Waals surface area contributed by atoms with Gasteiger partial charge in [-0.05, 0) is 38.5 Å². The summed E-state index contributed by atoms with van der Waals surface area (Å²) in [6, 6.07) is 0. The summed E-state index contributed by atoms with van der Waals surface area (Å²) in [4.78, 5) is 25.6. The highest BCUT2D eigenvalue weighted by atomic mass is 31.2. The van der Waals surface area contributed by atoms with Crippen molar-refractivity contribution in [1.29, 1.82) is 0 Å². The molecule has 0 aromatic carbocycles. The quantitative estimate of drug-likeness (QED) is 0.346. The molecule has 0 aromatic rings. The minimum absolute atomic E-state index is 0.571. The van der Waals surface area contributed by atoms with E-state index in [0.717, 1.165) is 31.2 Å². The maximum absolute atomic E-state index is 12.2. The molecular formula is C24H51N3O7P4. The predicted molar refractivity (Wildman–Crippen MR) is 148 cm³/mol. The van der Waals surface area contributed by atoms with Crippen molar-refractivity contribution in [3.63, 3.8) is 0 Å². The van der Waals surface area contributed by atoms with E-state index >= 15 is 0 Å². The Morgan fingerprint density at radius 2 is 0.789 bits per heavy atom. The molecule has 9 unspecified atom stereocenters. The van der Waals surface area contributed by atoms with Crippen LogP contribution >= 0.6 is 29.7 Å². The molecule has 0 spiro atoms. The molecule has 0 radical (unpaired) electrons. The van der Waals surface area contributed by atoms with Gasteiger partial charge in [0.25, 0.3) is 0 Å². The molecular weight excluding hydrogens is 566 g/mol. The van der Waals surface area contributed by atoms with Gasteiger partial charge in [0.15, 0.2) is 17.3 Å². The Kier molecular flexibility index (Phi) is 9.96. The van der Waals surface area contributed by atoms with Crippen LogP contribution in [-0.2, 0) is 18.3 Å². The lowest BCUT2D eigenvalue weighted by atomic mass is 10.1. The van der Waals surface area contributed by atoms with Gasteiger partial charge in [0.2, 0.25) is 0 Å². The highest BCUT2D eigenvalue weighted by Gasteiger charge is 2.75. The van der Waals surface area contributed by atoms with Crippen molar-refractivity contribution in [2.45, 2.75) is 95.9 Å². The van der Waals surface area contributed by atoms with Crippen LogP contribution in [0.3, 0.4) is 0 Å². The van der Waals surface area contributed by atoms with Crippen LogP contribution in [-0.4, -0.2) is 89.4 Å². The third-order valence-corrected chi connectivity index (χ3v) is 24.0. The van der Waals surface area contributed by atoms with Crippen molar-refractivity contribution in [1.82, 2.24) is 0 Å². The second-order valence-corrected chi connectivity index (χ2v) is 24.3. The minimum Gasteiger partial charge on any atom is -0.822 e. The lowest BCUT2D eigenvalue weighted by Crippen LogP contribution is -2.27. The molecule has 38 heavy (non-hydrogen) atoms. The van der Waals surface area contributed by atoms with Crippen LogP contribution in [0, 0.1) is 0 Å². The number of phosphoric acid groups is 1. The fourth-order valence-electron chi connectivity index (χ4n) is 8.20. The monoisotopic (exact) mass is 617 g/mol. The van der Waals surface area contributed by atoms with Crippen LogP contribution < -0.4 is 14.7 Å². The van der Waals surface area contributed by atoms with Gasteiger partial charge < -0.3 is 19.2 Å². The van der Waals surface area contributed by atoms with Crippen molar-refractivity contribution in [3.8, 4) is 0 Å². The molecule has 0 bridgehead atoms. The first kappa shape index (κ1) is 33.2. The molecule has 6 fully saturated rings. The summed E-state index contributed by atoms with van der Waals surface area (Å²) in [6.07, 6.45) is 14.2. The number of fused-ring (bicyclic) bond motifs is 3. The molecule has 9 atom stereocenters. The number of quaternary nitrogens is 3. The van der Waals surface area contributed by atoms with E-state index in [2.05, 4.69) is 41.9 Å². The lowest BCUT2D eigenvalue weighted by Gasteiger charge is -2.36. The molecule has 10 nitrogen and oxygen atoms in total.